The molecule has 0 fully saturated rings. The molecule has 0 unspecified atom stereocenters. The van der Waals surface area contributed by atoms with Gasteiger partial charge in [-0.05, 0) is 0 Å². The Labute approximate surface area is 78.4 Å². The number of hydrogen-bond acceptors (Lipinski definition) is 1. The van der Waals surface area contributed by atoms with Gasteiger partial charge in [0.2, 0.25) is 5.82 Å². The van der Waals surface area contributed by atoms with Crippen LogP contribution < -0.4 is 5.54 Å². The van der Waals surface area contributed by atoms with Gasteiger partial charge in [-0.3, -0.25) is 4.79 Å². The summed E-state index contributed by atoms with van der Waals surface area (Å²) in [5.41, 5.74) is -1.60. The number of carbonyl (C=O) groups is 1. The monoisotopic (exact) mass is 229 g/mol. The highest BCUT2D eigenvalue weighted by molar-refractivity contribution is 5.94. The summed E-state index contributed by atoms with van der Waals surface area (Å²) in [5.74, 6) is -13.9. The third kappa shape index (κ3) is 1.62. The van der Waals surface area contributed by atoms with Gasteiger partial charge in [0, 0.05) is 0 Å². The molecular formula is C7HF6NO. The van der Waals surface area contributed by atoms with Gasteiger partial charge in [-0.1, -0.05) is 4.48 Å². The second-order valence-electron chi connectivity index (χ2n) is 2.37. The van der Waals surface area contributed by atoms with E-state index in [1.54, 1.807) is 0 Å². The van der Waals surface area contributed by atoms with E-state index >= 15 is 0 Å². The molecule has 0 aliphatic carbocycles. The van der Waals surface area contributed by atoms with Crippen LogP contribution in [0.3, 0.4) is 0 Å². The highest BCUT2D eigenvalue weighted by atomic mass is 19.2. The average Bonchev–Trinajstić information content (AvgIpc) is 2.23. The fraction of sp³-hybridized carbons (Fsp3) is 0. The minimum atomic E-state index is -2.42. The molecule has 0 spiro atoms. The fourth-order valence-corrected chi connectivity index (χ4v) is 0.851. The lowest BCUT2D eigenvalue weighted by Crippen LogP contribution is -2.20. The first-order chi connectivity index (χ1) is 6.91. The Kier molecular flexibility index (Phi) is 2.87. The number of amides is 1. The van der Waals surface area contributed by atoms with E-state index < -0.39 is 40.6 Å². The second-order valence-corrected chi connectivity index (χ2v) is 2.37. The summed E-state index contributed by atoms with van der Waals surface area (Å²) >= 11 is 0. The van der Waals surface area contributed by atoms with Crippen molar-refractivity contribution in [3.8, 4) is 0 Å². The molecule has 0 radical (unpaired) electrons. The molecule has 8 heteroatoms. The Morgan fingerprint density at radius 2 is 1.13 bits per heavy atom. The van der Waals surface area contributed by atoms with Gasteiger partial charge in [0.25, 0.3) is 5.91 Å². The summed E-state index contributed by atoms with van der Waals surface area (Å²) in [6.07, 6.45) is 0. The Morgan fingerprint density at radius 1 is 0.800 bits per heavy atom. The molecule has 1 aromatic rings. The predicted octanol–water partition coefficient (Wildman–Crippen LogP) is 2.00. The van der Waals surface area contributed by atoms with E-state index in [1.807, 2.05) is 0 Å². The smallest absolute Gasteiger partial charge is 0.266 e. The quantitative estimate of drug-likeness (QED) is 0.339. The molecule has 1 rings (SSSR count). The Bertz CT molecular complexity index is 403. The molecule has 0 aliphatic rings. The first-order valence-corrected chi connectivity index (χ1v) is 3.34. The van der Waals surface area contributed by atoms with Gasteiger partial charge in [-0.15, -0.1) is 0 Å². The van der Waals surface area contributed by atoms with Crippen molar-refractivity contribution >= 4 is 5.91 Å². The zero-order valence-corrected chi connectivity index (χ0v) is 6.68. The molecule has 0 aliphatic heterocycles. The number of halogens is 6. The second kappa shape index (κ2) is 3.79. The van der Waals surface area contributed by atoms with Crippen molar-refractivity contribution in [2.75, 3.05) is 0 Å². The topological polar surface area (TPSA) is 29.1 Å². The van der Waals surface area contributed by atoms with Crippen LogP contribution in [-0.2, 0) is 0 Å². The molecule has 1 amide bonds. The van der Waals surface area contributed by atoms with Gasteiger partial charge >= 0.3 is 0 Å². The molecule has 0 bridgehead atoms. The SMILES string of the molecule is O=C(NF)c1c(F)c(F)c(F)c(F)c1F. The molecule has 0 saturated heterocycles. The van der Waals surface area contributed by atoms with E-state index in [2.05, 4.69) is 0 Å². The number of rotatable bonds is 1. The third-order valence-electron chi connectivity index (χ3n) is 1.52. The number of nitrogens with one attached hydrogen (secondary N) is 1. The molecule has 0 saturated carbocycles. The van der Waals surface area contributed by atoms with Crippen LogP contribution >= 0.6 is 0 Å². The van der Waals surface area contributed by atoms with E-state index in [0.717, 1.165) is 0 Å². The summed E-state index contributed by atoms with van der Waals surface area (Å²) < 4.78 is 74.2. The molecular weight excluding hydrogens is 228 g/mol. The van der Waals surface area contributed by atoms with E-state index in [4.69, 9.17) is 0 Å². The number of benzene rings is 1. The normalized spacial score (nSPS) is 10.3. The standard InChI is InChI=1S/C7HF6NO/c8-2-1(7(15)14-13)3(9)5(11)6(12)4(2)10/h(H,14,15). The summed E-state index contributed by atoms with van der Waals surface area (Å²) in [4.78, 5) is 10.4. The van der Waals surface area contributed by atoms with Crippen molar-refractivity contribution in [3.63, 3.8) is 0 Å². The van der Waals surface area contributed by atoms with Gasteiger partial charge in [0.15, 0.2) is 23.3 Å². The maximum atomic E-state index is 12.7. The zero-order valence-electron chi connectivity index (χ0n) is 6.68. The molecule has 1 N–H and O–H groups in total. The summed E-state index contributed by atoms with van der Waals surface area (Å²) in [5, 5.41) is 0. The van der Waals surface area contributed by atoms with Crippen LogP contribution in [0.1, 0.15) is 10.4 Å². The lowest BCUT2D eigenvalue weighted by molar-refractivity contribution is 0.0847. The maximum absolute atomic E-state index is 12.7. The van der Waals surface area contributed by atoms with Crippen molar-refractivity contribution in [1.29, 1.82) is 0 Å². The van der Waals surface area contributed by atoms with Gasteiger partial charge in [0.05, 0.1) is 0 Å². The van der Waals surface area contributed by atoms with Crippen LogP contribution in [0.5, 0.6) is 0 Å². The first-order valence-electron chi connectivity index (χ1n) is 3.34. The van der Waals surface area contributed by atoms with E-state index in [0.29, 0.717) is 0 Å². The van der Waals surface area contributed by atoms with Crippen LogP contribution in [0.4, 0.5) is 26.4 Å². The number of hydrogen-bond donors (Lipinski definition) is 1. The molecule has 82 valence electrons. The van der Waals surface area contributed by atoms with Crippen molar-refractivity contribution < 1.29 is 31.2 Å². The molecule has 2 nitrogen and oxygen atoms in total. The summed E-state index contributed by atoms with van der Waals surface area (Å²) in [6.45, 7) is 0. The molecule has 15 heavy (non-hydrogen) atoms. The largest absolute Gasteiger partial charge is 0.285 e. The highest BCUT2D eigenvalue weighted by Crippen LogP contribution is 2.22. The van der Waals surface area contributed by atoms with Gasteiger partial charge in [-0.25, -0.2) is 22.0 Å². The molecule has 0 heterocycles. The third-order valence-corrected chi connectivity index (χ3v) is 1.52. The van der Waals surface area contributed by atoms with Crippen molar-refractivity contribution in [3.05, 3.63) is 34.6 Å². The Balaban J connectivity index is 3.60. The van der Waals surface area contributed by atoms with Crippen LogP contribution in [0.2, 0.25) is 0 Å². The van der Waals surface area contributed by atoms with Crippen LogP contribution in [-0.4, -0.2) is 5.91 Å². The maximum Gasteiger partial charge on any atom is 0.285 e. The van der Waals surface area contributed by atoms with Crippen LogP contribution in [0, 0.1) is 29.1 Å². The van der Waals surface area contributed by atoms with E-state index in [-0.39, 0.29) is 5.54 Å². The lowest BCUT2D eigenvalue weighted by Gasteiger charge is -2.04. The zero-order chi connectivity index (χ0) is 11.7. The van der Waals surface area contributed by atoms with Gasteiger partial charge in [0.1, 0.15) is 5.56 Å². The Hall–Kier alpha value is -1.73. The van der Waals surface area contributed by atoms with E-state index in [9.17, 15) is 31.2 Å². The van der Waals surface area contributed by atoms with Crippen molar-refractivity contribution in [1.82, 2.24) is 5.54 Å². The molecule has 1 aromatic carbocycles. The summed E-state index contributed by atoms with van der Waals surface area (Å²) in [6, 6.07) is 0. The Morgan fingerprint density at radius 3 is 1.47 bits per heavy atom. The van der Waals surface area contributed by atoms with Crippen LogP contribution in [0.15, 0.2) is 0 Å². The number of carbonyl (C=O) groups excluding carboxylic acids is 1. The minimum absolute atomic E-state index is 0.262. The highest BCUT2D eigenvalue weighted by Gasteiger charge is 2.29. The first kappa shape index (κ1) is 11.3. The van der Waals surface area contributed by atoms with Crippen molar-refractivity contribution in [2.24, 2.45) is 0 Å². The van der Waals surface area contributed by atoms with Gasteiger partial charge in [-0.2, -0.15) is 5.54 Å². The van der Waals surface area contributed by atoms with Crippen LogP contribution in [0.25, 0.3) is 0 Å². The van der Waals surface area contributed by atoms with Crippen molar-refractivity contribution in [2.45, 2.75) is 0 Å². The van der Waals surface area contributed by atoms with Gasteiger partial charge < -0.3 is 0 Å². The minimum Gasteiger partial charge on any atom is -0.266 e. The lowest BCUT2D eigenvalue weighted by atomic mass is 10.1. The fourth-order valence-electron chi connectivity index (χ4n) is 0.851. The average molecular weight is 229 g/mol. The molecule has 0 atom stereocenters. The molecule has 0 aromatic heterocycles. The summed E-state index contributed by atoms with van der Waals surface area (Å²) in [7, 11) is 0. The van der Waals surface area contributed by atoms with E-state index in [1.165, 1.54) is 0 Å². The predicted molar refractivity (Wildman–Crippen MR) is 34.8 cm³/mol.